The molecular weight excluding hydrogens is 347 g/mol. The average Bonchev–Trinajstić information content (AvgIpc) is 2.47. The molecule has 2 aliphatic rings. The first-order valence-corrected chi connectivity index (χ1v) is 8.24. The maximum absolute atomic E-state index is 12.6. The molecule has 2 aliphatic carbocycles. The van der Waals surface area contributed by atoms with Crippen LogP contribution in [0.15, 0.2) is 18.3 Å². The summed E-state index contributed by atoms with van der Waals surface area (Å²) in [6, 6.07) is 4.06. The van der Waals surface area contributed by atoms with Crippen molar-refractivity contribution in [1.82, 2.24) is 4.98 Å². The predicted molar refractivity (Wildman–Crippen MR) is 103 cm³/mol. The average molecular weight is 375 g/mol. The molecule has 2 unspecified atom stereocenters. The zero-order valence-corrected chi connectivity index (χ0v) is 15.9. The Morgan fingerprint density at radius 3 is 2.46 bits per heavy atom. The molecule has 1 aromatic heterocycles. The minimum atomic E-state index is 0. The van der Waals surface area contributed by atoms with Crippen molar-refractivity contribution in [3.05, 3.63) is 18.3 Å². The normalized spacial score (nSPS) is 28.1. The van der Waals surface area contributed by atoms with Crippen molar-refractivity contribution in [2.45, 2.75) is 38.1 Å². The summed E-state index contributed by atoms with van der Waals surface area (Å²) in [5.74, 6) is 2.14. The fraction of sp³-hybridized carbons (Fsp3) is 0.647. The number of nitrogens with two attached hydrogens (primary N) is 1. The summed E-state index contributed by atoms with van der Waals surface area (Å²) < 4.78 is 0. The van der Waals surface area contributed by atoms with E-state index in [1.165, 1.54) is 19.3 Å². The lowest BCUT2D eigenvalue weighted by molar-refractivity contribution is -0.122. The number of nitrogens with zero attached hydrogens (tertiary/aromatic N) is 2. The molecule has 0 spiro atoms. The molecule has 2 saturated carbocycles. The lowest BCUT2D eigenvalue weighted by Crippen LogP contribution is -2.48. The summed E-state index contributed by atoms with van der Waals surface area (Å²) in [7, 11) is 3.88. The number of carbonyl (C=O) groups is 1. The molecule has 136 valence electrons. The largest absolute Gasteiger partial charge is 0.363 e. The van der Waals surface area contributed by atoms with Gasteiger partial charge in [-0.2, -0.15) is 0 Å². The third kappa shape index (κ3) is 4.52. The van der Waals surface area contributed by atoms with Crippen LogP contribution in [0.4, 0.5) is 11.5 Å². The number of pyridine rings is 1. The van der Waals surface area contributed by atoms with Crippen LogP contribution in [0.5, 0.6) is 0 Å². The van der Waals surface area contributed by atoms with Gasteiger partial charge in [-0.25, -0.2) is 4.98 Å². The van der Waals surface area contributed by atoms with E-state index >= 15 is 0 Å². The van der Waals surface area contributed by atoms with Crippen molar-refractivity contribution in [2.24, 2.45) is 23.5 Å². The van der Waals surface area contributed by atoms with Gasteiger partial charge in [0.1, 0.15) is 5.82 Å². The SMILES string of the molecule is CN(C)c1cc(NC(=O)C2CC3CCCC(C2)C3N)ccn1.Cl.Cl. The van der Waals surface area contributed by atoms with Crippen molar-refractivity contribution in [2.75, 3.05) is 24.3 Å². The standard InChI is InChI=1S/C17H26N4O.2ClH/c1-21(2)15-10-14(6-7-19-15)20-17(22)13-8-11-4-3-5-12(9-13)16(11)18;;/h6-7,10-13,16H,3-5,8-9,18H2,1-2H3,(H,19,20,22);2*1H. The second kappa shape index (κ2) is 8.88. The Kier molecular flexibility index (Phi) is 7.77. The van der Waals surface area contributed by atoms with Crippen LogP contribution in [0.25, 0.3) is 0 Å². The first-order valence-electron chi connectivity index (χ1n) is 8.24. The number of nitrogens with one attached hydrogen (secondary N) is 1. The Morgan fingerprint density at radius 2 is 1.88 bits per heavy atom. The van der Waals surface area contributed by atoms with Gasteiger partial charge in [-0.05, 0) is 43.6 Å². The van der Waals surface area contributed by atoms with E-state index in [4.69, 9.17) is 5.73 Å². The molecule has 2 atom stereocenters. The Balaban J connectivity index is 0.00000144. The Morgan fingerprint density at radius 1 is 1.25 bits per heavy atom. The number of hydrogen-bond acceptors (Lipinski definition) is 4. The van der Waals surface area contributed by atoms with Gasteiger partial charge in [-0.1, -0.05) is 6.42 Å². The number of amides is 1. The molecule has 7 heteroatoms. The summed E-state index contributed by atoms with van der Waals surface area (Å²) in [5.41, 5.74) is 7.13. The molecular formula is C17H28Cl2N4O. The third-order valence-corrected chi connectivity index (χ3v) is 5.26. The van der Waals surface area contributed by atoms with Crippen LogP contribution in [-0.2, 0) is 4.79 Å². The molecule has 3 N–H and O–H groups in total. The van der Waals surface area contributed by atoms with Crippen LogP contribution < -0.4 is 16.0 Å². The molecule has 0 aromatic carbocycles. The molecule has 1 heterocycles. The molecule has 5 nitrogen and oxygen atoms in total. The molecule has 2 fully saturated rings. The van der Waals surface area contributed by atoms with Crippen molar-refractivity contribution in [3.8, 4) is 0 Å². The maximum Gasteiger partial charge on any atom is 0.227 e. The number of fused-ring (bicyclic) bond motifs is 2. The summed E-state index contributed by atoms with van der Waals surface area (Å²) in [6.45, 7) is 0. The van der Waals surface area contributed by atoms with Gasteiger partial charge in [0.15, 0.2) is 0 Å². The Labute approximate surface area is 156 Å². The lowest BCUT2D eigenvalue weighted by atomic mass is 9.65. The summed E-state index contributed by atoms with van der Waals surface area (Å²) in [5, 5.41) is 3.06. The predicted octanol–water partition coefficient (Wildman–Crippen LogP) is 3.08. The zero-order chi connectivity index (χ0) is 15.7. The quantitative estimate of drug-likeness (QED) is 0.852. The van der Waals surface area contributed by atoms with Crippen molar-refractivity contribution < 1.29 is 4.79 Å². The highest BCUT2D eigenvalue weighted by Gasteiger charge is 2.40. The molecule has 0 aliphatic heterocycles. The van der Waals surface area contributed by atoms with Crippen LogP contribution in [0.1, 0.15) is 32.1 Å². The van der Waals surface area contributed by atoms with Gasteiger partial charge in [0, 0.05) is 44.0 Å². The highest BCUT2D eigenvalue weighted by atomic mass is 35.5. The summed E-state index contributed by atoms with van der Waals surface area (Å²) in [4.78, 5) is 18.8. The highest BCUT2D eigenvalue weighted by molar-refractivity contribution is 5.93. The Hall–Kier alpha value is -1.04. The minimum absolute atomic E-state index is 0. The maximum atomic E-state index is 12.6. The summed E-state index contributed by atoms with van der Waals surface area (Å²) in [6.07, 6.45) is 7.25. The van der Waals surface area contributed by atoms with E-state index in [-0.39, 0.29) is 36.6 Å². The van der Waals surface area contributed by atoms with Crippen molar-refractivity contribution >= 4 is 42.2 Å². The van der Waals surface area contributed by atoms with Crippen LogP contribution in [0, 0.1) is 17.8 Å². The Bertz CT molecular complexity index is 541. The fourth-order valence-electron chi connectivity index (χ4n) is 3.99. The highest BCUT2D eigenvalue weighted by Crippen LogP contribution is 2.42. The number of rotatable bonds is 3. The topological polar surface area (TPSA) is 71.2 Å². The summed E-state index contributed by atoms with van der Waals surface area (Å²) >= 11 is 0. The van der Waals surface area contributed by atoms with E-state index in [0.29, 0.717) is 17.9 Å². The molecule has 3 rings (SSSR count). The van der Waals surface area contributed by atoms with E-state index < -0.39 is 0 Å². The van der Waals surface area contributed by atoms with E-state index in [0.717, 1.165) is 24.3 Å². The molecule has 0 radical (unpaired) electrons. The molecule has 24 heavy (non-hydrogen) atoms. The molecule has 2 bridgehead atoms. The van der Waals surface area contributed by atoms with E-state index in [9.17, 15) is 4.79 Å². The van der Waals surface area contributed by atoms with Crippen molar-refractivity contribution in [3.63, 3.8) is 0 Å². The van der Waals surface area contributed by atoms with Crippen LogP contribution >= 0.6 is 24.8 Å². The molecule has 1 amide bonds. The van der Waals surface area contributed by atoms with E-state index in [2.05, 4.69) is 10.3 Å². The van der Waals surface area contributed by atoms with E-state index in [1.807, 2.05) is 31.1 Å². The van der Waals surface area contributed by atoms with E-state index in [1.54, 1.807) is 6.20 Å². The third-order valence-electron chi connectivity index (χ3n) is 5.26. The minimum Gasteiger partial charge on any atom is -0.363 e. The van der Waals surface area contributed by atoms with Gasteiger partial charge in [0.25, 0.3) is 0 Å². The number of halogens is 2. The second-order valence-corrected chi connectivity index (χ2v) is 6.98. The number of hydrogen-bond donors (Lipinski definition) is 2. The molecule has 1 aromatic rings. The van der Waals surface area contributed by atoms with Gasteiger partial charge in [0.05, 0.1) is 0 Å². The first-order chi connectivity index (χ1) is 10.5. The smallest absolute Gasteiger partial charge is 0.227 e. The number of aromatic nitrogens is 1. The van der Waals surface area contributed by atoms with Crippen molar-refractivity contribution in [1.29, 1.82) is 0 Å². The molecule has 0 saturated heterocycles. The number of carbonyl (C=O) groups excluding carboxylic acids is 1. The van der Waals surface area contributed by atoms with Crippen LogP contribution in [0.2, 0.25) is 0 Å². The van der Waals surface area contributed by atoms with Gasteiger partial charge in [0.2, 0.25) is 5.91 Å². The number of anilines is 2. The van der Waals surface area contributed by atoms with Gasteiger partial charge >= 0.3 is 0 Å². The second-order valence-electron chi connectivity index (χ2n) is 6.98. The lowest BCUT2D eigenvalue weighted by Gasteiger charge is -2.43. The van der Waals surface area contributed by atoms with Crippen LogP contribution in [0.3, 0.4) is 0 Å². The fourth-order valence-corrected chi connectivity index (χ4v) is 3.99. The van der Waals surface area contributed by atoms with Crippen LogP contribution in [-0.4, -0.2) is 31.0 Å². The van der Waals surface area contributed by atoms with Gasteiger partial charge in [-0.15, -0.1) is 24.8 Å². The zero-order valence-electron chi connectivity index (χ0n) is 14.3. The monoisotopic (exact) mass is 374 g/mol. The van der Waals surface area contributed by atoms with Gasteiger partial charge < -0.3 is 16.0 Å². The first kappa shape index (κ1) is 21.0. The van der Waals surface area contributed by atoms with Gasteiger partial charge in [-0.3, -0.25) is 4.79 Å².